The molecule has 1 unspecified atom stereocenters. The van der Waals surface area contributed by atoms with Crippen molar-refractivity contribution in [3.63, 3.8) is 0 Å². The molecule has 5 nitrogen and oxygen atoms in total. The summed E-state index contributed by atoms with van der Waals surface area (Å²) in [4.78, 5) is 11.8. The summed E-state index contributed by atoms with van der Waals surface area (Å²) < 4.78 is 7.11. The zero-order valence-corrected chi connectivity index (χ0v) is 9.64. The minimum atomic E-state index is -0.296. The van der Waals surface area contributed by atoms with E-state index in [9.17, 15) is 4.79 Å². The van der Waals surface area contributed by atoms with Crippen molar-refractivity contribution in [1.82, 2.24) is 9.78 Å². The number of hydrogen-bond donors (Lipinski definition) is 1. The number of rotatable bonds is 3. The van der Waals surface area contributed by atoms with Gasteiger partial charge < -0.3 is 10.1 Å². The van der Waals surface area contributed by atoms with E-state index in [1.807, 2.05) is 13.8 Å². The van der Waals surface area contributed by atoms with Gasteiger partial charge in [0.25, 0.3) is 5.91 Å². The Balaban J connectivity index is 2.02. The van der Waals surface area contributed by atoms with Crippen molar-refractivity contribution >= 4 is 11.7 Å². The molecule has 0 radical (unpaired) electrons. The molecule has 2 heterocycles. The van der Waals surface area contributed by atoms with Crippen LogP contribution in [0.3, 0.4) is 0 Å². The molecule has 5 heteroatoms. The zero-order chi connectivity index (χ0) is 11.5. The lowest BCUT2D eigenvalue weighted by molar-refractivity contribution is -0.124. The van der Waals surface area contributed by atoms with Gasteiger partial charge in [-0.2, -0.15) is 5.10 Å². The van der Waals surface area contributed by atoms with E-state index in [0.717, 1.165) is 18.7 Å². The smallest absolute Gasteiger partial charge is 0.254 e. The molecule has 88 valence electrons. The highest BCUT2D eigenvalue weighted by Gasteiger charge is 2.24. The average molecular weight is 223 g/mol. The lowest BCUT2D eigenvalue weighted by Crippen LogP contribution is -2.28. The molecule has 0 saturated carbocycles. The number of nitrogens with zero attached hydrogens (tertiary/aromatic N) is 2. The number of hydrogen-bond acceptors (Lipinski definition) is 3. The maximum Gasteiger partial charge on any atom is 0.254 e. The largest absolute Gasteiger partial charge is 0.368 e. The first-order valence-corrected chi connectivity index (χ1v) is 5.64. The van der Waals surface area contributed by atoms with Gasteiger partial charge in [-0.25, -0.2) is 4.68 Å². The van der Waals surface area contributed by atoms with Crippen molar-refractivity contribution < 1.29 is 9.53 Å². The molecule has 1 aromatic heterocycles. The predicted molar refractivity (Wildman–Crippen MR) is 60.2 cm³/mol. The van der Waals surface area contributed by atoms with E-state index < -0.39 is 0 Å². The molecule has 1 aromatic rings. The predicted octanol–water partition coefficient (Wildman–Crippen LogP) is 1.58. The van der Waals surface area contributed by atoms with Crippen LogP contribution in [0.25, 0.3) is 0 Å². The third-order valence-electron chi connectivity index (χ3n) is 2.63. The highest BCUT2D eigenvalue weighted by atomic mass is 16.5. The number of ether oxygens (including phenoxy) is 1. The Hall–Kier alpha value is -1.36. The molecule has 2 rings (SSSR count). The molecule has 1 saturated heterocycles. The van der Waals surface area contributed by atoms with Crippen LogP contribution in [0.1, 0.15) is 32.7 Å². The summed E-state index contributed by atoms with van der Waals surface area (Å²) in [6.45, 7) is 4.73. The standard InChI is InChI=1S/C11H17N3O2/c1-8(2)14-10(5-6-12-14)13-11(15)9-4-3-7-16-9/h5-6,8-9H,3-4,7H2,1-2H3,(H,13,15). The highest BCUT2D eigenvalue weighted by molar-refractivity contribution is 5.93. The van der Waals surface area contributed by atoms with Gasteiger partial charge in [0.2, 0.25) is 0 Å². The van der Waals surface area contributed by atoms with E-state index in [1.54, 1.807) is 16.9 Å². The molecule has 1 aliphatic heterocycles. The molecular weight excluding hydrogens is 206 g/mol. The van der Waals surface area contributed by atoms with E-state index in [-0.39, 0.29) is 18.1 Å². The maximum absolute atomic E-state index is 11.8. The Morgan fingerprint density at radius 3 is 3.12 bits per heavy atom. The fraction of sp³-hybridized carbons (Fsp3) is 0.636. The first-order valence-electron chi connectivity index (χ1n) is 5.64. The second-order valence-electron chi connectivity index (χ2n) is 4.25. The second-order valence-corrected chi connectivity index (χ2v) is 4.25. The summed E-state index contributed by atoms with van der Waals surface area (Å²) in [7, 11) is 0. The van der Waals surface area contributed by atoms with Crippen molar-refractivity contribution in [2.75, 3.05) is 11.9 Å². The second kappa shape index (κ2) is 4.65. The molecule has 1 atom stereocenters. The van der Waals surface area contributed by atoms with Gasteiger partial charge in [-0.1, -0.05) is 0 Å². The summed E-state index contributed by atoms with van der Waals surface area (Å²) in [6.07, 6.45) is 3.16. The van der Waals surface area contributed by atoms with E-state index in [4.69, 9.17) is 4.74 Å². The van der Waals surface area contributed by atoms with Gasteiger partial charge in [0.05, 0.1) is 6.20 Å². The van der Waals surface area contributed by atoms with Gasteiger partial charge in [0.15, 0.2) is 0 Å². The quantitative estimate of drug-likeness (QED) is 0.846. The lowest BCUT2D eigenvalue weighted by atomic mass is 10.2. The normalized spacial score (nSPS) is 20.3. The van der Waals surface area contributed by atoms with Crippen molar-refractivity contribution in [2.45, 2.75) is 38.8 Å². The third-order valence-corrected chi connectivity index (χ3v) is 2.63. The van der Waals surface area contributed by atoms with Gasteiger partial charge in [0, 0.05) is 18.7 Å². The Morgan fingerprint density at radius 2 is 2.50 bits per heavy atom. The van der Waals surface area contributed by atoms with Crippen molar-refractivity contribution in [1.29, 1.82) is 0 Å². The fourth-order valence-electron chi connectivity index (χ4n) is 1.82. The lowest BCUT2D eigenvalue weighted by Gasteiger charge is -2.14. The van der Waals surface area contributed by atoms with Crippen LogP contribution in [0.15, 0.2) is 12.3 Å². The Morgan fingerprint density at radius 1 is 1.69 bits per heavy atom. The number of nitrogens with one attached hydrogen (secondary N) is 1. The van der Waals surface area contributed by atoms with Crippen molar-refractivity contribution in [3.8, 4) is 0 Å². The van der Waals surface area contributed by atoms with Crippen LogP contribution >= 0.6 is 0 Å². The number of amides is 1. The first kappa shape index (κ1) is 11.1. The van der Waals surface area contributed by atoms with Crippen molar-refractivity contribution in [3.05, 3.63) is 12.3 Å². The summed E-state index contributed by atoms with van der Waals surface area (Å²) in [5.74, 6) is 0.662. The van der Waals surface area contributed by atoms with E-state index in [0.29, 0.717) is 6.61 Å². The zero-order valence-electron chi connectivity index (χ0n) is 9.64. The molecule has 0 aromatic carbocycles. The van der Waals surface area contributed by atoms with Crippen LogP contribution in [0, 0.1) is 0 Å². The van der Waals surface area contributed by atoms with Crippen LogP contribution in [0.4, 0.5) is 5.82 Å². The van der Waals surface area contributed by atoms with E-state index >= 15 is 0 Å². The summed E-state index contributed by atoms with van der Waals surface area (Å²) >= 11 is 0. The monoisotopic (exact) mass is 223 g/mol. The molecule has 1 fully saturated rings. The summed E-state index contributed by atoms with van der Waals surface area (Å²) in [5.41, 5.74) is 0. The summed E-state index contributed by atoms with van der Waals surface area (Å²) in [6, 6.07) is 2.03. The molecule has 0 bridgehead atoms. The molecule has 16 heavy (non-hydrogen) atoms. The molecule has 0 spiro atoms. The van der Waals surface area contributed by atoms with Gasteiger partial charge in [-0.15, -0.1) is 0 Å². The molecule has 1 amide bonds. The minimum Gasteiger partial charge on any atom is -0.368 e. The Labute approximate surface area is 94.8 Å². The van der Waals surface area contributed by atoms with Gasteiger partial charge >= 0.3 is 0 Å². The van der Waals surface area contributed by atoms with Gasteiger partial charge in [-0.05, 0) is 26.7 Å². The van der Waals surface area contributed by atoms with Crippen LogP contribution in [-0.4, -0.2) is 28.4 Å². The Bertz CT molecular complexity index is 367. The van der Waals surface area contributed by atoms with Crippen LogP contribution in [0.2, 0.25) is 0 Å². The average Bonchev–Trinajstić information content (AvgIpc) is 2.86. The van der Waals surface area contributed by atoms with Crippen LogP contribution in [-0.2, 0) is 9.53 Å². The molecule has 1 aliphatic rings. The van der Waals surface area contributed by atoms with Crippen molar-refractivity contribution in [2.24, 2.45) is 0 Å². The number of aromatic nitrogens is 2. The first-order chi connectivity index (χ1) is 7.68. The minimum absolute atomic E-state index is 0.0695. The highest BCUT2D eigenvalue weighted by Crippen LogP contribution is 2.17. The number of carbonyl (C=O) groups excluding carboxylic acids is 1. The number of anilines is 1. The fourth-order valence-corrected chi connectivity index (χ4v) is 1.82. The molecule has 1 N–H and O–H groups in total. The SMILES string of the molecule is CC(C)n1nccc1NC(=O)C1CCCO1. The third kappa shape index (κ3) is 2.24. The van der Waals surface area contributed by atoms with Gasteiger partial charge in [0.1, 0.15) is 11.9 Å². The molecular formula is C11H17N3O2. The summed E-state index contributed by atoms with van der Waals surface area (Å²) in [5, 5.41) is 7.01. The molecule has 0 aliphatic carbocycles. The maximum atomic E-state index is 11.8. The van der Waals surface area contributed by atoms with Gasteiger partial charge in [-0.3, -0.25) is 4.79 Å². The van der Waals surface area contributed by atoms with Crippen LogP contribution < -0.4 is 5.32 Å². The topological polar surface area (TPSA) is 56.2 Å². The number of carbonyl (C=O) groups is 1. The van der Waals surface area contributed by atoms with E-state index in [2.05, 4.69) is 10.4 Å². The van der Waals surface area contributed by atoms with Crippen LogP contribution in [0.5, 0.6) is 0 Å². The van der Waals surface area contributed by atoms with E-state index in [1.165, 1.54) is 0 Å². The Kier molecular flexibility index (Phi) is 3.24.